The van der Waals surface area contributed by atoms with Gasteiger partial charge in [-0.3, -0.25) is 0 Å². The molecule has 6 heteroatoms. The van der Waals surface area contributed by atoms with E-state index >= 15 is 0 Å². The molecule has 0 aliphatic rings. The van der Waals surface area contributed by atoms with Crippen molar-refractivity contribution in [3.8, 4) is 45.3 Å². The van der Waals surface area contributed by atoms with Gasteiger partial charge in [-0.15, -0.1) is 0 Å². The second-order valence-electron chi connectivity index (χ2n) is 32.7. The summed E-state index contributed by atoms with van der Waals surface area (Å²) in [5.41, 5.74) is 32.8. The summed E-state index contributed by atoms with van der Waals surface area (Å²) in [4.78, 5) is 0. The van der Waals surface area contributed by atoms with Gasteiger partial charge in [0, 0.05) is 98.8 Å². The first-order valence-corrected chi connectivity index (χ1v) is 43.5. The van der Waals surface area contributed by atoms with Crippen molar-refractivity contribution in [1.29, 1.82) is 0 Å². The lowest BCUT2D eigenvalue weighted by Crippen LogP contribution is -1.96. The lowest BCUT2D eigenvalue weighted by atomic mass is 10.0. The van der Waals surface area contributed by atoms with E-state index in [0.29, 0.717) is 0 Å². The van der Waals surface area contributed by atoms with Crippen LogP contribution in [0.2, 0.25) is 0 Å². The Morgan fingerprint density at radius 2 is 0.429 bits per heavy atom. The van der Waals surface area contributed by atoms with Crippen molar-refractivity contribution in [3.05, 3.63) is 494 Å². The van der Waals surface area contributed by atoms with Gasteiger partial charge in [-0.2, -0.15) is 0 Å². The Kier molecular flexibility index (Phi) is 21.5. The SMILES string of the molecule is Cc1ccc(-c2ccc3c4ccccc4n(-c4ccccc4)c3c2)cc1.Cc1ccc(-n2c3ccccc3c3ccccc32)cc1.Cc1cccc(-n2c3ccccc3c3ccccc32)c1.Cc1cccc2c1c1ccccc1n2-c1ccccc1.Cc1cccc2c3ccccc3n(-c3ccccc3)c12.Cc1ccccc1-n1c2ccccc2c2ccccc21. The summed E-state index contributed by atoms with van der Waals surface area (Å²) in [5, 5.41) is 15.8. The average Bonchev–Trinajstić information content (AvgIpc) is 1.63. The van der Waals surface area contributed by atoms with Gasteiger partial charge in [0.25, 0.3) is 0 Å². The molecule has 0 fully saturated rings. The summed E-state index contributed by atoms with van der Waals surface area (Å²) in [6, 6.07) is 164. The molecular formula is C120H94N6. The molecule has 6 aromatic heterocycles. The number of para-hydroxylation sites is 14. The maximum Gasteiger partial charge on any atom is 0.0570 e. The lowest BCUT2D eigenvalue weighted by molar-refractivity contribution is 1.15. The highest BCUT2D eigenvalue weighted by Gasteiger charge is 2.20. The molecule has 0 amide bonds. The van der Waals surface area contributed by atoms with E-state index in [1.54, 1.807) is 0 Å². The number of hydrogen-bond donors (Lipinski definition) is 0. The molecule has 0 atom stereocenters. The number of hydrogen-bond acceptors (Lipinski definition) is 0. The largest absolute Gasteiger partial charge is 0.309 e. The highest BCUT2D eigenvalue weighted by Crippen LogP contribution is 2.41. The van der Waals surface area contributed by atoms with Crippen LogP contribution in [0.1, 0.15) is 33.4 Å². The molecule has 604 valence electrons. The van der Waals surface area contributed by atoms with Gasteiger partial charge in [-0.1, -0.05) is 339 Å². The molecule has 0 aliphatic heterocycles. The molecule has 6 nitrogen and oxygen atoms in total. The maximum absolute atomic E-state index is 2.36. The third-order valence-corrected chi connectivity index (χ3v) is 24.6. The maximum atomic E-state index is 2.36. The zero-order valence-corrected chi connectivity index (χ0v) is 71.6. The van der Waals surface area contributed by atoms with Crippen LogP contribution in [0.5, 0.6) is 0 Å². The standard InChI is InChI=1S/C25H19N.5C19H15N/c1-18-11-13-19(14-12-18)20-15-16-23-22-9-5-6-10-24(22)26(25(23)17-20)21-7-3-2-4-8-21;1-14-8-2-5-11-17(14)20-18-12-6-3-9-15(18)16-10-4-7-13-19(16)20;1-14-7-6-8-15(13-14)20-18-11-4-2-9-16(18)17-10-3-5-12-19(17)20;1-14-10-12-15(13-11-14)20-18-8-4-2-6-16(18)17-7-3-5-9-19(17)20;1-14-8-7-12-17-16-11-5-6-13-18(16)20(19(14)17)15-9-3-2-4-10-15;1-14-8-7-13-18-19(14)16-11-5-6-12-17(16)20(18)15-9-3-2-4-10-15/h2-17H,1H3;5*2-13H,1H3. The first-order chi connectivity index (χ1) is 62.1. The zero-order valence-electron chi connectivity index (χ0n) is 71.6. The second-order valence-corrected chi connectivity index (χ2v) is 32.7. The number of fused-ring (bicyclic) bond motifs is 18. The molecule has 126 heavy (non-hydrogen) atoms. The van der Waals surface area contributed by atoms with E-state index < -0.39 is 0 Å². The van der Waals surface area contributed by atoms with E-state index in [2.05, 4.69) is 530 Å². The second kappa shape index (κ2) is 34.5. The van der Waals surface area contributed by atoms with Crippen LogP contribution >= 0.6 is 0 Å². The van der Waals surface area contributed by atoms with Crippen molar-refractivity contribution in [2.45, 2.75) is 41.5 Å². The molecule has 0 unspecified atom stereocenters. The zero-order chi connectivity index (χ0) is 85.1. The summed E-state index contributed by atoms with van der Waals surface area (Å²) in [7, 11) is 0. The molecule has 0 aliphatic carbocycles. The van der Waals surface area contributed by atoms with Gasteiger partial charge in [-0.25, -0.2) is 0 Å². The molecule has 0 N–H and O–H groups in total. The first-order valence-electron chi connectivity index (χ1n) is 43.5. The van der Waals surface area contributed by atoms with Crippen LogP contribution in [0.4, 0.5) is 0 Å². The molecule has 6 heterocycles. The van der Waals surface area contributed by atoms with Gasteiger partial charge >= 0.3 is 0 Å². The van der Waals surface area contributed by atoms with E-state index in [0.717, 1.165) is 0 Å². The lowest BCUT2D eigenvalue weighted by Gasteiger charge is -2.10. The molecule has 19 aromatic carbocycles. The van der Waals surface area contributed by atoms with Crippen LogP contribution in [-0.2, 0) is 0 Å². The predicted molar refractivity (Wildman–Crippen MR) is 539 cm³/mol. The monoisotopic (exact) mass is 1620 g/mol. The van der Waals surface area contributed by atoms with Crippen LogP contribution in [0.15, 0.2) is 461 Å². The van der Waals surface area contributed by atoms with E-state index in [-0.39, 0.29) is 0 Å². The number of aryl methyl sites for hydroxylation is 6. The molecule has 0 spiro atoms. The fourth-order valence-corrected chi connectivity index (χ4v) is 18.7. The highest BCUT2D eigenvalue weighted by atomic mass is 15.0. The summed E-state index contributed by atoms with van der Waals surface area (Å²) >= 11 is 0. The summed E-state index contributed by atoms with van der Waals surface area (Å²) in [6.45, 7) is 12.9. The fourth-order valence-electron chi connectivity index (χ4n) is 18.7. The Morgan fingerprint density at radius 1 is 0.143 bits per heavy atom. The van der Waals surface area contributed by atoms with Crippen molar-refractivity contribution >= 4 is 131 Å². The van der Waals surface area contributed by atoms with Crippen LogP contribution in [0.3, 0.4) is 0 Å². The van der Waals surface area contributed by atoms with Gasteiger partial charge in [0.1, 0.15) is 0 Å². The van der Waals surface area contributed by atoms with Crippen molar-refractivity contribution in [2.75, 3.05) is 0 Å². The smallest absolute Gasteiger partial charge is 0.0570 e. The third-order valence-electron chi connectivity index (χ3n) is 24.6. The van der Waals surface area contributed by atoms with Crippen molar-refractivity contribution in [2.24, 2.45) is 0 Å². The minimum atomic E-state index is 1.19. The van der Waals surface area contributed by atoms with Gasteiger partial charge in [0.05, 0.1) is 66.2 Å². The van der Waals surface area contributed by atoms with Crippen molar-refractivity contribution in [1.82, 2.24) is 27.4 Å². The fraction of sp³-hybridized carbons (Fsp3) is 0.0500. The van der Waals surface area contributed by atoms with E-state index in [1.807, 2.05) is 0 Å². The van der Waals surface area contributed by atoms with Gasteiger partial charge in [-0.05, 0) is 208 Å². The van der Waals surface area contributed by atoms with Gasteiger partial charge in [0.2, 0.25) is 0 Å². The van der Waals surface area contributed by atoms with E-state index in [1.165, 1.54) is 209 Å². The first kappa shape index (κ1) is 78.5. The van der Waals surface area contributed by atoms with Crippen molar-refractivity contribution < 1.29 is 0 Å². The van der Waals surface area contributed by atoms with Gasteiger partial charge < -0.3 is 27.4 Å². The summed E-state index contributed by atoms with van der Waals surface area (Å²) < 4.78 is 14.1. The Morgan fingerprint density at radius 3 is 0.889 bits per heavy atom. The Hall–Kier alpha value is -16.0. The minimum Gasteiger partial charge on any atom is -0.309 e. The number of rotatable bonds is 7. The average molecular weight is 1620 g/mol. The van der Waals surface area contributed by atoms with E-state index in [4.69, 9.17) is 0 Å². The van der Waals surface area contributed by atoms with Crippen LogP contribution < -0.4 is 0 Å². The van der Waals surface area contributed by atoms with Crippen LogP contribution in [-0.4, -0.2) is 27.4 Å². The van der Waals surface area contributed by atoms with E-state index in [9.17, 15) is 0 Å². The molecule has 0 saturated heterocycles. The molecular weight excluding hydrogens is 1530 g/mol. The van der Waals surface area contributed by atoms with Gasteiger partial charge in [0.15, 0.2) is 0 Å². The van der Waals surface area contributed by atoms with Crippen molar-refractivity contribution in [3.63, 3.8) is 0 Å². The minimum absolute atomic E-state index is 1.19. The Bertz CT molecular complexity index is 8090. The predicted octanol–water partition coefficient (Wildman–Crippen LogP) is 32.2. The molecule has 25 aromatic rings. The van der Waals surface area contributed by atoms with Crippen LogP contribution in [0, 0.1) is 41.5 Å². The molecule has 25 rings (SSSR count). The quantitative estimate of drug-likeness (QED) is 0.152. The normalized spacial score (nSPS) is 11.3. The number of benzene rings is 19. The number of nitrogens with zero attached hydrogens (tertiary/aromatic N) is 6. The Labute approximate surface area is 734 Å². The topological polar surface area (TPSA) is 29.6 Å². The molecule has 0 bridgehead atoms. The summed E-state index contributed by atoms with van der Waals surface area (Å²) in [6.07, 6.45) is 0. The van der Waals surface area contributed by atoms with Crippen LogP contribution in [0.25, 0.3) is 176 Å². The molecule has 0 saturated carbocycles. The molecule has 0 radical (unpaired) electrons. The third kappa shape index (κ3) is 14.8. The summed E-state index contributed by atoms with van der Waals surface area (Å²) in [5.74, 6) is 0. The Balaban J connectivity index is 0.0000000956. The number of aromatic nitrogens is 6. The highest BCUT2D eigenvalue weighted by molar-refractivity contribution is 6.15.